The molecule has 1 unspecified atom stereocenters. The van der Waals surface area contributed by atoms with Crippen LogP contribution in [0.2, 0.25) is 0 Å². The maximum absolute atomic E-state index is 13.8. The quantitative estimate of drug-likeness (QED) is 0.330. The fourth-order valence-electron chi connectivity index (χ4n) is 4.37. The Morgan fingerprint density at radius 2 is 1.85 bits per heavy atom. The van der Waals surface area contributed by atoms with E-state index in [1.165, 1.54) is 15.9 Å². The molecule has 2 aromatic carbocycles. The third-order valence-electron chi connectivity index (χ3n) is 6.14. The van der Waals surface area contributed by atoms with Gasteiger partial charge in [0.05, 0.1) is 34.3 Å². The largest absolute Gasteiger partial charge is 0.482 e. The van der Waals surface area contributed by atoms with Crippen LogP contribution in [0.1, 0.15) is 37.9 Å². The number of imidazole rings is 1. The number of fused-ring (bicyclic) bond motifs is 1. The van der Waals surface area contributed by atoms with Crippen molar-refractivity contribution in [2.45, 2.75) is 32.9 Å². The van der Waals surface area contributed by atoms with E-state index in [0.717, 1.165) is 16.8 Å². The molecule has 0 saturated heterocycles. The van der Waals surface area contributed by atoms with Gasteiger partial charge in [-0.25, -0.2) is 19.6 Å². The number of carbonyl (C=O) groups is 2. The lowest BCUT2D eigenvalue weighted by Gasteiger charge is -2.25. The van der Waals surface area contributed by atoms with Crippen LogP contribution in [0.5, 0.6) is 5.75 Å². The molecule has 0 aliphatic carbocycles. The third kappa shape index (κ3) is 5.50. The number of hydrogen-bond donors (Lipinski definition) is 1. The van der Waals surface area contributed by atoms with Gasteiger partial charge in [0.15, 0.2) is 11.4 Å². The minimum Gasteiger partial charge on any atom is -0.482 e. The minimum absolute atomic E-state index is 0.291. The Balaban J connectivity index is 1.59. The summed E-state index contributed by atoms with van der Waals surface area (Å²) < 4.78 is 14.6. The summed E-state index contributed by atoms with van der Waals surface area (Å²) in [6.45, 7) is 4.85. The number of nitrogens with zero attached hydrogens (tertiary/aromatic N) is 4. The normalized spacial score (nSPS) is 15.1. The van der Waals surface area contributed by atoms with E-state index < -0.39 is 24.6 Å². The van der Waals surface area contributed by atoms with Crippen LogP contribution in [0.3, 0.4) is 0 Å². The second-order valence-electron chi connectivity index (χ2n) is 9.35. The zero-order valence-corrected chi connectivity index (χ0v) is 22.8. The lowest BCUT2D eigenvalue weighted by atomic mass is 9.95. The van der Waals surface area contributed by atoms with Crippen molar-refractivity contribution in [2.75, 3.05) is 6.61 Å². The van der Waals surface area contributed by atoms with Gasteiger partial charge in [0, 0.05) is 18.1 Å². The Morgan fingerprint density at radius 3 is 2.48 bits per heavy atom. The highest BCUT2D eigenvalue weighted by molar-refractivity contribution is 7.07. The molecule has 40 heavy (non-hydrogen) atoms. The molecule has 204 valence electrons. The van der Waals surface area contributed by atoms with Crippen LogP contribution in [0.25, 0.3) is 11.8 Å². The standard InChI is InChI=1S/C29H26N4O6S/c1-17(2)39-28(37)25-18(3)31-29-33(26(25)20-6-8-21(9-7-20)32-13-12-30-16-32)27(36)23(40-29)14-19-4-10-22(11-5-19)38-15-24(34)35/h4-14,16-17,26H,15H2,1-3H3,(H,34,35)/b23-14-. The van der Waals surface area contributed by atoms with Crippen molar-refractivity contribution in [1.29, 1.82) is 0 Å². The summed E-state index contributed by atoms with van der Waals surface area (Å²) in [4.78, 5) is 47.0. The molecule has 2 aromatic heterocycles. The average molecular weight is 559 g/mol. The number of carboxylic acids is 1. The van der Waals surface area contributed by atoms with E-state index in [1.807, 2.05) is 35.0 Å². The molecule has 0 amide bonds. The van der Waals surface area contributed by atoms with Gasteiger partial charge in [0.1, 0.15) is 5.75 Å². The second-order valence-corrected chi connectivity index (χ2v) is 10.4. The monoisotopic (exact) mass is 558 g/mol. The van der Waals surface area contributed by atoms with Crippen molar-refractivity contribution in [3.63, 3.8) is 0 Å². The number of esters is 1. The van der Waals surface area contributed by atoms with Crippen LogP contribution in [0.15, 0.2) is 88.3 Å². The molecule has 0 fully saturated rings. The molecule has 3 heterocycles. The van der Waals surface area contributed by atoms with E-state index in [0.29, 0.717) is 26.4 Å². The number of benzene rings is 2. The van der Waals surface area contributed by atoms with Gasteiger partial charge in [0.25, 0.3) is 5.56 Å². The molecule has 0 bridgehead atoms. The number of aliphatic carboxylic acids is 1. The summed E-state index contributed by atoms with van der Waals surface area (Å²) in [6.07, 6.45) is 6.60. The first-order valence-electron chi connectivity index (χ1n) is 12.5. The van der Waals surface area contributed by atoms with Crippen LogP contribution >= 0.6 is 11.3 Å². The Kier molecular flexibility index (Phi) is 7.47. The van der Waals surface area contributed by atoms with Crippen LogP contribution in [0.4, 0.5) is 0 Å². The number of carbonyl (C=O) groups excluding carboxylic acids is 1. The van der Waals surface area contributed by atoms with Crippen LogP contribution in [0, 0.1) is 0 Å². The summed E-state index contributed by atoms with van der Waals surface area (Å²) in [5.74, 6) is -1.18. The molecule has 1 aliphatic rings. The van der Waals surface area contributed by atoms with Crippen molar-refractivity contribution in [3.05, 3.63) is 109 Å². The fraction of sp³-hybridized carbons (Fsp3) is 0.207. The van der Waals surface area contributed by atoms with Crippen molar-refractivity contribution in [1.82, 2.24) is 14.1 Å². The Bertz CT molecular complexity index is 1770. The zero-order chi connectivity index (χ0) is 28.4. The van der Waals surface area contributed by atoms with Gasteiger partial charge in [-0.05, 0) is 62.2 Å². The predicted molar refractivity (Wildman–Crippen MR) is 148 cm³/mol. The minimum atomic E-state index is -1.07. The Hall–Kier alpha value is -4.77. The van der Waals surface area contributed by atoms with Crippen LogP contribution in [-0.2, 0) is 14.3 Å². The van der Waals surface area contributed by atoms with Gasteiger partial charge < -0.3 is 19.1 Å². The molecule has 10 nitrogen and oxygen atoms in total. The second kappa shape index (κ2) is 11.1. The van der Waals surface area contributed by atoms with Crippen molar-refractivity contribution in [2.24, 2.45) is 4.99 Å². The van der Waals surface area contributed by atoms with Gasteiger partial charge in [-0.2, -0.15) is 0 Å². The summed E-state index contributed by atoms with van der Waals surface area (Å²) >= 11 is 1.23. The highest BCUT2D eigenvalue weighted by atomic mass is 32.1. The first kappa shape index (κ1) is 26.8. The summed E-state index contributed by atoms with van der Waals surface area (Å²) in [6, 6.07) is 13.6. The smallest absolute Gasteiger partial charge is 0.341 e. The van der Waals surface area contributed by atoms with E-state index in [9.17, 15) is 14.4 Å². The summed E-state index contributed by atoms with van der Waals surface area (Å²) in [5.41, 5.74) is 2.85. The van der Waals surface area contributed by atoms with Crippen LogP contribution < -0.4 is 19.6 Å². The van der Waals surface area contributed by atoms with Crippen LogP contribution in [-0.4, -0.2) is 43.9 Å². The van der Waals surface area contributed by atoms with E-state index in [2.05, 4.69) is 9.98 Å². The Labute approximate surface area is 232 Å². The maximum atomic E-state index is 13.8. The molecule has 5 rings (SSSR count). The number of ether oxygens (including phenoxy) is 2. The first-order valence-corrected chi connectivity index (χ1v) is 13.3. The highest BCUT2D eigenvalue weighted by Gasteiger charge is 2.33. The predicted octanol–water partition coefficient (Wildman–Crippen LogP) is 2.84. The van der Waals surface area contributed by atoms with Gasteiger partial charge in [0.2, 0.25) is 0 Å². The Morgan fingerprint density at radius 1 is 1.12 bits per heavy atom. The molecule has 0 spiro atoms. The van der Waals surface area contributed by atoms with E-state index >= 15 is 0 Å². The molecule has 4 aromatic rings. The highest BCUT2D eigenvalue weighted by Crippen LogP contribution is 2.31. The topological polar surface area (TPSA) is 125 Å². The van der Waals surface area contributed by atoms with Gasteiger partial charge in [-0.1, -0.05) is 35.6 Å². The van der Waals surface area contributed by atoms with E-state index in [-0.39, 0.29) is 11.7 Å². The number of thiazole rings is 1. The average Bonchev–Trinajstić information content (AvgIpc) is 3.56. The molecule has 0 radical (unpaired) electrons. The molecule has 1 aliphatic heterocycles. The molecule has 11 heteroatoms. The van der Waals surface area contributed by atoms with Crippen molar-refractivity contribution >= 4 is 29.4 Å². The number of carboxylic acid groups (broad SMARTS) is 1. The fourth-order valence-corrected chi connectivity index (χ4v) is 5.42. The first-order chi connectivity index (χ1) is 19.2. The molecule has 1 atom stereocenters. The molecular formula is C29H26N4O6S. The SMILES string of the molecule is CC1=C(C(=O)OC(C)C)C(c2ccc(-n3ccnc3)cc2)n2c(s/c(=C\c3ccc(OCC(=O)O)cc3)c2=O)=N1. The third-order valence-corrected chi connectivity index (χ3v) is 7.12. The van der Waals surface area contributed by atoms with Crippen molar-refractivity contribution < 1.29 is 24.2 Å². The van der Waals surface area contributed by atoms with Gasteiger partial charge in [-0.3, -0.25) is 9.36 Å². The van der Waals surface area contributed by atoms with Gasteiger partial charge >= 0.3 is 11.9 Å². The van der Waals surface area contributed by atoms with E-state index in [1.54, 1.807) is 63.6 Å². The van der Waals surface area contributed by atoms with E-state index in [4.69, 9.17) is 14.6 Å². The lowest BCUT2D eigenvalue weighted by molar-refractivity contribution is -0.143. The van der Waals surface area contributed by atoms with Gasteiger partial charge in [-0.15, -0.1) is 0 Å². The number of aromatic nitrogens is 3. The molecular weight excluding hydrogens is 532 g/mol. The zero-order valence-electron chi connectivity index (χ0n) is 22.0. The lowest BCUT2D eigenvalue weighted by Crippen LogP contribution is -2.40. The summed E-state index contributed by atoms with van der Waals surface area (Å²) in [7, 11) is 0. The number of allylic oxidation sites excluding steroid dienone is 1. The number of rotatable bonds is 8. The number of hydrogen-bond acceptors (Lipinski definition) is 8. The summed E-state index contributed by atoms with van der Waals surface area (Å²) in [5, 5.41) is 8.80. The van der Waals surface area contributed by atoms with Crippen molar-refractivity contribution in [3.8, 4) is 11.4 Å². The maximum Gasteiger partial charge on any atom is 0.341 e. The molecule has 1 N–H and O–H groups in total. The molecule has 0 saturated carbocycles.